The number of hydrogen-bond donors (Lipinski definition) is 1. The lowest BCUT2D eigenvalue weighted by molar-refractivity contribution is -0.0407. The summed E-state index contributed by atoms with van der Waals surface area (Å²) in [5.41, 5.74) is 4.61. The molecular formula is C29H39N5. The first-order chi connectivity index (χ1) is 16.7. The van der Waals surface area contributed by atoms with E-state index in [1.807, 2.05) is 0 Å². The second-order valence-electron chi connectivity index (χ2n) is 10.1. The van der Waals surface area contributed by atoms with E-state index in [1.165, 1.54) is 62.5 Å². The van der Waals surface area contributed by atoms with Crippen molar-refractivity contribution in [2.75, 3.05) is 18.4 Å². The number of piperidine rings is 1. The number of anilines is 1. The van der Waals surface area contributed by atoms with Crippen LogP contribution in [0, 0.1) is 13.8 Å². The van der Waals surface area contributed by atoms with Gasteiger partial charge in [0.25, 0.3) is 0 Å². The van der Waals surface area contributed by atoms with Crippen LogP contribution >= 0.6 is 0 Å². The van der Waals surface area contributed by atoms with Crippen LogP contribution in [0.25, 0.3) is 0 Å². The quantitative estimate of drug-likeness (QED) is 0.405. The smallest absolute Gasteiger partial charge is 0.175 e. The molecule has 5 heteroatoms. The molecule has 0 amide bonds. The number of rotatable bonds is 5. The minimum Gasteiger partial charge on any atom is -0.346 e. The van der Waals surface area contributed by atoms with E-state index in [9.17, 15) is 0 Å². The number of hydrogen-bond acceptors (Lipinski definition) is 4. The summed E-state index contributed by atoms with van der Waals surface area (Å²) in [6, 6.07) is 17.8. The van der Waals surface area contributed by atoms with Crippen LogP contribution in [0.3, 0.4) is 0 Å². The molecule has 1 saturated heterocycles. The molecule has 2 aromatic carbocycles. The Bertz CT molecular complexity index is 954. The van der Waals surface area contributed by atoms with Crippen molar-refractivity contribution >= 4 is 17.2 Å². The van der Waals surface area contributed by atoms with Crippen LogP contribution in [-0.2, 0) is 0 Å². The van der Waals surface area contributed by atoms with Gasteiger partial charge in [0.1, 0.15) is 0 Å². The van der Waals surface area contributed by atoms with Gasteiger partial charge in [-0.2, -0.15) is 0 Å². The number of aliphatic imine (C=N–C) groups is 1. The van der Waals surface area contributed by atoms with Gasteiger partial charge in [-0.3, -0.25) is 5.01 Å². The molecular weight excluding hydrogens is 418 g/mol. The maximum atomic E-state index is 5.25. The molecule has 1 aliphatic carbocycles. The first-order valence-corrected chi connectivity index (χ1v) is 13.2. The standard InChI is InChI=1S/C29H39N5/c1-23-11-15-25(16-12-23)30-28(31-26-17-13-24(2)14-18-26)29-33(27-9-5-3-6-10-27)21-22-34(29)32-19-7-4-8-20-32/h11-18,21-22,27,29H,3-10,19-20H2,1-2H3,(H,30,31). The molecule has 0 bridgehead atoms. The zero-order valence-corrected chi connectivity index (χ0v) is 20.8. The van der Waals surface area contributed by atoms with Crippen LogP contribution in [0.4, 0.5) is 11.4 Å². The van der Waals surface area contributed by atoms with Crippen molar-refractivity contribution in [1.82, 2.24) is 14.9 Å². The summed E-state index contributed by atoms with van der Waals surface area (Å²) in [5.74, 6) is 0.994. The molecule has 1 N–H and O–H groups in total. The molecule has 1 atom stereocenters. The highest BCUT2D eigenvalue weighted by atomic mass is 15.7. The van der Waals surface area contributed by atoms with E-state index < -0.39 is 0 Å². The second kappa shape index (κ2) is 10.6. The van der Waals surface area contributed by atoms with Gasteiger partial charge in [0.05, 0.1) is 5.69 Å². The fourth-order valence-electron chi connectivity index (χ4n) is 5.46. The molecule has 5 rings (SSSR count). The number of amidine groups is 1. The molecule has 34 heavy (non-hydrogen) atoms. The zero-order valence-electron chi connectivity index (χ0n) is 20.8. The molecule has 2 heterocycles. The highest BCUT2D eigenvalue weighted by molar-refractivity contribution is 6.01. The Morgan fingerprint density at radius 2 is 1.38 bits per heavy atom. The highest BCUT2D eigenvalue weighted by Gasteiger charge is 2.39. The first kappa shape index (κ1) is 23.0. The van der Waals surface area contributed by atoms with Crippen molar-refractivity contribution in [3.63, 3.8) is 0 Å². The Morgan fingerprint density at radius 3 is 2.06 bits per heavy atom. The lowest BCUT2D eigenvalue weighted by Crippen LogP contribution is -2.57. The summed E-state index contributed by atoms with van der Waals surface area (Å²) >= 11 is 0. The predicted molar refractivity (Wildman–Crippen MR) is 142 cm³/mol. The van der Waals surface area contributed by atoms with E-state index in [-0.39, 0.29) is 6.17 Å². The van der Waals surface area contributed by atoms with Gasteiger partial charge >= 0.3 is 0 Å². The van der Waals surface area contributed by atoms with E-state index in [4.69, 9.17) is 4.99 Å². The van der Waals surface area contributed by atoms with Crippen LogP contribution in [0.5, 0.6) is 0 Å². The van der Waals surface area contributed by atoms with Gasteiger partial charge in [-0.25, -0.2) is 10.0 Å². The summed E-state index contributed by atoms with van der Waals surface area (Å²) < 4.78 is 0. The Labute approximate surface area is 205 Å². The van der Waals surface area contributed by atoms with Crippen LogP contribution < -0.4 is 5.32 Å². The molecule has 1 unspecified atom stereocenters. The van der Waals surface area contributed by atoms with Gasteiger partial charge in [-0.05, 0) is 63.8 Å². The Kier molecular flexibility index (Phi) is 7.19. The van der Waals surface area contributed by atoms with E-state index in [2.05, 4.69) is 95.0 Å². The Hall–Kier alpha value is -2.79. The monoisotopic (exact) mass is 457 g/mol. The van der Waals surface area contributed by atoms with Crippen molar-refractivity contribution in [1.29, 1.82) is 0 Å². The molecule has 1 saturated carbocycles. The zero-order chi connectivity index (χ0) is 23.3. The predicted octanol–water partition coefficient (Wildman–Crippen LogP) is 6.59. The fraction of sp³-hybridized carbons (Fsp3) is 0.483. The van der Waals surface area contributed by atoms with Crippen molar-refractivity contribution in [2.24, 2.45) is 4.99 Å². The molecule has 0 aromatic heterocycles. The van der Waals surface area contributed by atoms with E-state index in [1.54, 1.807) is 0 Å². The van der Waals surface area contributed by atoms with E-state index in [0.717, 1.165) is 30.3 Å². The molecule has 0 spiro atoms. The van der Waals surface area contributed by atoms with Crippen LogP contribution in [0.2, 0.25) is 0 Å². The summed E-state index contributed by atoms with van der Waals surface area (Å²) in [5, 5.41) is 8.75. The third kappa shape index (κ3) is 5.30. The summed E-state index contributed by atoms with van der Waals surface area (Å²) in [7, 11) is 0. The minimum absolute atomic E-state index is 0.0452. The summed E-state index contributed by atoms with van der Waals surface area (Å²) in [6.07, 6.45) is 15.0. The molecule has 2 fully saturated rings. The number of nitrogens with one attached hydrogen (secondary N) is 1. The van der Waals surface area contributed by atoms with Crippen molar-refractivity contribution in [3.05, 3.63) is 72.1 Å². The average Bonchev–Trinajstić information content (AvgIpc) is 3.32. The van der Waals surface area contributed by atoms with Crippen LogP contribution in [0.15, 0.2) is 65.9 Å². The Morgan fingerprint density at radius 1 is 0.765 bits per heavy atom. The average molecular weight is 458 g/mol. The van der Waals surface area contributed by atoms with E-state index >= 15 is 0 Å². The number of hydrazine groups is 1. The second-order valence-corrected chi connectivity index (χ2v) is 10.1. The normalized spacial score (nSPS) is 22.4. The van der Waals surface area contributed by atoms with E-state index in [0.29, 0.717) is 6.04 Å². The lowest BCUT2D eigenvalue weighted by Gasteiger charge is -2.44. The lowest BCUT2D eigenvalue weighted by atomic mass is 9.94. The molecule has 0 radical (unpaired) electrons. The van der Waals surface area contributed by atoms with Gasteiger partial charge in [0.15, 0.2) is 12.0 Å². The Balaban J connectivity index is 1.53. The molecule has 2 aliphatic heterocycles. The maximum Gasteiger partial charge on any atom is 0.175 e. The van der Waals surface area contributed by atoms with Gasteiger partial charge in [0, 0.05) is 37.2 Å². The van der Waals surface area contributed by atoms with Crippen LogP contribution in [-0.4, -0.2) is 46.1 Å². The number of nitrogens with zero attached hydrogens (tertiary/aromatic N) is 4. The van der Waals surface area contributed by atoms with Gasteiger partial charge < -0.3 is 10.2 Å². The maximum absolute atomic E-state index is 5.25. The largest absolute Gasteiger partial charge is 0.346 e. The van der Waals surface area contributed by atoms with Gasteiger partial charge in [-0.1, -0.05) is 61.1 Å². The third-order valence-electron chi connectivity index (χ3n) is 7.43. The summed E-state index contributed by atoms with van der Waals surface area (Å²) in [4.78, 5) is 7.83. The van der Waals surface area contributed by atoms with Crippen molar-refractivity contribution < 1.29 is 0 Å². The molecule has 5 nitrogen and oxygen atoms in total. The third-order valence-corrected chi connectivity index (χ3v) is 7.43. The minimum atomic E-state index is 0.0452. The van der Waals surface area contributed by atoms with Crippen molar-refractivity contribution in [3.8, 4) is 0 Å². The molecule has 2 aromatic rings. The highest BCUT2D eigenvalue weighted by Crippen LogP contribution is 2.32. The summed E-state index contributed by atoms with van der Waals surface area (Å²) in [6.45, 7) is 6.49. The van der Waals surface area contributed by atoms with Crippen molar-refractivity contribution in [2.45, 2.75) is 77.4 Å². The number of aryl methyl sites for hydroxylation is 2. The number of benzene rings is 2. The fourth-order valence-corrected chi connectivity index (χ4v) is 5.46. The van der Waals surface area contributed by atoms with Gasteiger partial charge in [0.2, 0.25) is 0 Å². The first-order valence-electron chi connectivity index (χ1n) is 13.2. The van der Waals surface area contributed by atoms with Crippen LogP contribution in [0.1, 0.15) is 62.5 Å². The SMILES string of the molecule is Cc1ccc(/N=C(/Nc2ccc(C)cc2)C2N(C3CCCCC3)C=CN2N2CCCCC2)cc1. The molecule has 3 aliphatic rings. The topological polar surface area (TPSA) is 34.1 Å². The van der Waals surface area contributed by atoms with Gasteiger partial charge in [-0.15, -0.1) is 0 Å². The molecule has 180 valence electrons.